The van der Waals surface area contributed by atoms with Crippen molar-refractivity contribution in [2.45, 2.75) is 75.9 Å². The molecule has 0 radical (unpaired) electrons. The lowest BCUT2D eigenvalue weighted by molar-refractivity contribution is -0.138. The second kappa shape index (κ2) is 12.8. The molecule has 3 aliphatic heterocycles. The highest BCUT2D eigenvalue weighted by Crippen LogP contribution is 2.32. The van der Waals surface area contributed by atoms with Gasteiger partial charge in [0.05, 0.1) is 18.6 Å². The molecule has 224 valence electrons. The van der Waals surface area contributed by atoms with Crippen LogP contribution in [-0.4, -0.2) is 87.0 Å². The maximum Gasteiger partial charge on any atom is 0.248 e. The number of methoxy groups -OCH3 is 1. The van der Waals surface area contributed by atoms with Gasteiger partial charge in [0.25, 0.3) is 0 Å². The number of sulfonamides is 1. The van der Waals surface area contributed by atoms with Gasteiger partial charge in [0.2, 0.25) is 15.9 Å². The molecule has 2 fully saturated rings. The van der Waals surface area contributed by atoms with E-state index in [9.17, 15) is 17.6 Å². The van der Waals surface area contributed by atoms with Crippen molar-refractivity contribution in [1.29, 1.82) is 0 Å². The molecular weight excluding hydrogens is 545 g/mol. The second-order valence-corrected chi connectivity index (χ2v) is 13.4. The van der Waals surface area contributed by atoms with E-state index in [-0.39, 0.29) is 31.0 Å². The van der Waals surface area contributed by atoms with Crippen molar-refractivity contribution >= 4 is 15.9 Å². The number of halogens is 1. The third-order valence-corrected chi connectivity index (χ3v) is 11.1. The van der Waals surface area contributed by atoms with E-state index < -0.39 is 10.0 Å². The van der Waals surface area contributed by atoms with Crippen LogP contribution in [0.2, 0.25) is 0 Å². The van der Waals surface area contributed by atoms with Crippen molar-refractivity contribution in [2.75, 3.05) is 46.5 Å². The van der Waals surface area contributed by atoms with Crippen molar-refractivity contribution < 1.29 is 27.1 Å². The van der Waals surface area contributed by atoms with Gasteiger partial charge in [-0.1, -0.05) is 12.5 Å². The summed E-state index contributed by atoms with van der Waals surface area (Å²) < 4.78 is 53.8. The summed E-state index contributed by atoms with van der Waals surface area (Å²) in [6.07, 6.45) is 5.09. The van der Waals surface area contributed by atoms with Gasteiger partial charge < -0.3 is 14.4 Å². The van der Waals surface area contributed by atoms with Gasteiger partial charge in [-0.15, -0.1) is 0 Å². The summed E-state index contributed by atoms with van der Waals surface area (Å²) in [6.45, 7) is 7.29. The zero-order valence-electron chi connectivity index (χ0n) is 24.4. The largest absolute Gasteiger partial charge is 0.497 e. The summed E-state index contributed by atoms with van der Waals surface area (Å²) in [4.78, 5) is 17.6. The van der Waals surface area contributed by atoms with Crippen LogP contribution in [0.15, 0.2) is 35.2 Å². The zero-order valence-corrected chi connectivity index (χ0v) is 25.2. The average molecular weight is 588 g/mol. The molecule has 3 heterocycles. The van der Waals surface area contributed by atoms with E-state index in [0.717, 1.165) is 50.8 Å². The van der Waals surface area contributed by atoms with Gasteiger partial charge in [-0.25, -0.2) is 12.8 Å². The Morgan fingerprint density at radius 3 is 2.41 bits per heavy atom. The van der Waals surface area contributed by atoms with E-state index in [2.05, 4.69) is 4.90 Å². The first kappa shape index (κ1) is 29.9. The van der Waals surface area contributed by atoms with E-state index in [1.54, 1.807) is 43.5 Å². The van der Waals surface area contributed by atoms with Crippen LogP contribution < -0.4 is 4.74 Å². The Morgan fingerprint density at radius 1 is 0.976 bits per heavy atom. The lowest BCUT2D eigenvalue weighted by Gasteiger charge is -2.40. The van der Waals surface area contributed by atoms with Gasteiger partial charge in [-0.05, 0) is 92.5 Å². The summed E-state index contributed by atoms with van der Waals surface area (Å²) in [5.41, 5.74) is 3.62. The van der Waals surface area contributed by atoms with Gasteiger partial charge in [0.1, 0.15) is 18.2 Å². The monoisotopic (exact) mass is 587 g/mol. The topological polar surface area (TPSA) is 79.4 Å². The highest BCUT2D eigenvalue weighted by molar-refractivity contribution is 7.89. The number of likely N-dealkylation sites (tertiary alicyclic amines) is 1. The maximum absolute atomic E-state index is 13.8. The Kier molecular flexibility index (Phi) is 9.33. The molecule has 1 amide bonds. The first-order valence-corrected chi connectivity index (χ1v) is 16.2. The van der Waals surface area contributed by atoms with Gasteiger partial charge in [0, 0.05) is 44.8 Å². The number of benzene rings is 2. The Hall–Kier alpha value is -2.53. The minimum atomic E-state index is -3.73. The zero-order chi connectivity index (χ0) is 29.1. The number of hydrogen-bond acceptors (Lipinski definition) is 6. The lowest BCUT2D eigenvalue weighted by Crippen LogP contribution is -2.49. The molecule has 1 atom stereocenters. The highest BCUT2D eigenvalue weighted by Gasteiger charge is 2.36. The standard InChI is InChI=1S/C31H42FN3O5S/c1-22-16-29(39-3)17-23(2)31(22)41(37,38)35-12-5-4-6-28(35)20-40-21-30(36)33-14-10-27(11-15-33)34-13-9-24-18-26(32)8-7-25(24)19-34/h7-8,16-18,27-28H,4-6,9-15,19-21H2,1-3H3. The number of hydrogen-bond donors (Lipinski definition) is 0. The minimum Gasteiger partial charge on any atom is -0.497 e. The molecule has 2 aromatic carbocycles. The van der Waals surface area contributed by atoms with Gasteiger partial charge in [0.15, 0.2) is 0 Å². The van der Waals surface area contributed by atoms with E-state index in [4.69, 9.17) is 9.47 Å². The van der Waals surface area contributed by atoms with Crippen LogP contribution in [0.5, 0.6) is 5.75 Å². The van der Waals surface area contributed by atoms with E-state index in [1.807, 2.05) is 11.0 Å². The van der Waals surface area contributed by atoms with Crippen molar-refractivity contribution in [3.8, 4) is 5.75 Å². The third kappa shape index (κ3) is 6.61. The van der Waals surface area contributed by atoms with Crippen LogP contribution >= 0.6 is 0 Å². The number of rotatable bonds is 8. The van der Waals surface area contributed by atoms with Crippen molar-refractivity contribution in [1.82, 2.24) is 14.1 Å². The van der Waals surface area contributed by atoms with Crippen molar-refractivity contribution in [3.63, 3.8) is 0 Å². The first-order valence-electron chi connectivity index (χ1n) is 14.7. The molecule has 2 aromatic rings. The molecule has 5 rings (SSSR count). The number of piperidine rings is 2. The minimum absolute atomic E-state index is 0.0434. The van der Waals surface area contributed by atoms with E-state index >= 15 is 0 Å². The molecule has 10 heteroatoms. The molecule has 0 aliphatic carbocycles. The summed E-state index contributed by atoms with van der Waals surface area (Å²) >= 11 is 0. The fraction of sp³-hybridized carbons (Fsp3) is 0.581. The molecule has 0 spiro atoms. The highest BCUT2D eigenvalue weighted by atomic mass is 32.2. The molecule has 2 saturated heterocycles. The Morgan fingerprint density at radius 2 is 1.71 bits per heavy atom. The number of fused-ring (bicyclic) bond motifs is 1. The van der Waals surface area contributed by atoms with E-state index in [0.29, 0.717) is 53.9 Å². The molecule has 3 aliphatic rings. The quantitative estimate of drug-likeness (QED) is 0.464. The molecule has 1 unspecified atom stereocenters. The number of nitrogens with zero attached hydrogens (tertiary/aromatic N) is 3. The predicted octanol–water partition coefficient (Wildman–Crippen LogP) is 4.06. The summed E-state index contributed by atoms with van der Waals surface area (Å²) in [6, 6.07) is 8.69. The van der Waals surface area contributed by atoms with Gasteiger partial charge >= 0.3 is 0 Å². The Balaban J connectivity index is 1.12. The van der Waals surface area contributed by atoms with Crippen molar-refractivity contribution in [2.24, 2.45) is 0 Å². The summed E-state index contributed by atoms with van der Waals surface area (Å²) in [5.74, 6) is 0.416. The van der Waals surface area contributed by atoms with Crippen molar-refractivity contribution in [3.05, 3.63) is 58.4 Å². The first-order chi connectivity index (χ1) is 19.7. The average Bonchev–Trinajstić information content (AvgIpc) is 2.96. The molecule has 0 N–H and O–H groups in total. The fourth-order valence-corrected chi connectivity index (χ4v) is 8.81. The van der Waals surface area contributed by atoms with Crippen LogP contribution in [0, 0.1) is 19.7 Å². The third-order valence-electron chi connectivity index (χ3n) is 8.89. The number of ether oxygens (including phenoxy) is 2. The maximum atomic E-state index is 13.8. The number of aryl methyl sites for hydroxylation is 2. The smallest absolute Gasteiger partial charge is 0.248 e. The number of carbonyl (C=O) groups excluding carboxylic acids is 1. The van der Waals surface area contributed by atoms with Gasteiger partial charge in [-0.3, -0.25) is 9.69 Å². The second-order valence-electron chi connectivity index (χ2n) is 11.6. The fourth-order valence-electron chi connectivity index (χ4n) is 6.72. The van der Waals surface area contributed by atoms with Gasteiger partial charge in [-0.2, -0.15) is 4.31 Å². The molecule has 0 bridgehead atoms. The molecule has 41 heavy (non-hydrogen) atoms. The van der Waals surface area contributed by atoms with Crippen LogP contribution in [0.25, 0.3) is 0 Å². The van der Waals surface area contributed by atoms with Crippen LogP contribution in [0.4, 0.5) is 4.39 Å². The normalized spacial score (nSPS) is 21.1. The predicted molar refractivity (Wildman–Crippen MR) is 155 cm³/mol. The number of amides is 1. The molecule has 0 saturated carbocycles. The van der Waals surface area contributed by atoms with Crippen LogP contribution in [-0.2, 0) is 32.5 Å². The van der Waals surface area contributed by atoms with Crippen LogP contribution in [0.3, 0.4) is 0 Å². The number of carbonyl (C=O) groups is 1. The molecule has 8 nitrogen and oxygen atoms in total. The Labute approximate surface area is 243 Å². The van der Waals surface area contributed by atoms with Crippen LogP contribution in [0.1, 0.15) is 54.4 Å². The SMILES string of the molecule is COc1cc(C)c(S(=O)(=O)N2CCCCC2COCC(=O)N2CCC(N3CCc4cc(F)ccc4C3)CC2)c(C)c1. The Bertz CT molecular complexity index is 1340. The lowest BCUT2D eigenvalue weighted by atomic mass is 9.95. The molecule has 0 aromatic heterocycles. The summed E-state index contributed by atoms with van der Waals surface area (Å²) in [7, 11) is -2.16. The molecular formula is C31H42FN3O5S. The summed E-state index contributed by atoms with van der Waals surface area (Å²) in [5, 5.41) is 0. The van der Waals surface area contributed by atoms with E-state index in [1.165, 1.54) is 11.6 Å².